The lowest BCUT2D eigenvalue weighted by Crippen LogP contribution is -2.54. The molecule has 3 fully saturated rings. The van der Waals surface area contributed by atoms with E-state index in [4.69, 9.17) is 9.72 Å². The summed E-state index contributed by atoms with van der Waals surface area (Å²) in [6, 6.07) is 17.1. The monoisotopic (exact) mass is 476 g/mol. The van der Waals surface area contributed by atoms with Crippen LogP contribution in [0, 0.1) is 0 Å². The molecule has 6 rings (SSSR count). The van der Waals surface area contributed by atoms with Gasteiger partial charge in [0.15, 0.2) is 6.35 Å². The van der Waals surface area contributed by atoms with Gasteiger partial charge in [0.1, 0.15) is 0 Å². The Morgan fingerprint density at radius 1 is 1.03 bits per heavy atom. The number of ether oxygens (including phenoxy) is 1. The summed E-state index contributed by atoms with van der Waals surface area (Å²) in [5.74, 6) is 0.894. The van der Waals surface area contributed by atoms with Gasteiger partial charge in [-0.3, -0.25) is 10.2 Å². The van der Waals surface area contributed by atoms with Crippen LogP contribution >= 0.6 is 0 Å². The highest BCUT2D eigenvalue weighted by atomic mass is 16.5. The number of aliphatic hydroxyl groups is 1. The van der Waals surface area contributed by atoms with Crippen LogP contribution in [0.25, 0.3) is 11.0 Å². The molecule has 3 aliphatic rings. The molecule has 8 heteroatoms. The molecular formula is C27H36N6O2. The Morgan fingerprint density at radius 3 is 2.49 bits per heavy atom. The molecule has 1 spiro atoms. The molecule has 1 aliphatic carbocycles. The lowest BCUT2D eigenvalue weighted by molar-refractivity contribution is 0.0513. The summed E-state index contributed by atoms with van der Waals surface area (Å²) < 4.78 is 5.47. The van der Waals surface area contributed by atoms with Crippen molar-refractivity contribution in [1.82, 2.24) is 20.2 Å². The van der Waals surface area contributed by atoms with Gasteiger partial charge in [0.2, 0.25) is 5.95 Å². The van der Waals surface area contributed by atoms with Crippen LogP contribution in [0.4, 0.5) is 11.6 Å². The summed E-state index contributed by atoms with van der Waals surface area (Å²) in [5.41, 5.74) is 4.29. The average molecular weight is 477 g/mol. The summed E-state index contributed by atoms with van der Waals surface area (Å²) in [6.45, 7) is 3.95. The van der Waals surface area contributed by atoms with Crippen LogP contribution in [0.5, 0.6) is 0 Å². The number of nitrogens with zero attached hydrogens (tertiary/aromatic N) is 4. The Hall–Kier alpha value is -2.65. The summed E-state index contributed by atoms with van der Waals surface area (Å²) in [4.78, 5) is 15.0. The fraction of sp³-hybridized carbons (Fsp3) is 0.519. The third-order valence-corrected chi connectivity index (χ3v) is 8.50. The van der Waals surface area contributed by atoms with E-state index in [2.05, 4.69) is 87.6 Å². The molecule has 0 bridgehead atoms. The lowest BCUT2D eigenvalue weighted by Gasteiger charge is -2.49. The van der Waals surface area contributed by atoms with Gasteiger partial charge >= 0.3 is 0 Å². The lowest BCUT2D eigenvalue weighted by atomic mass is 9.69. The standard InChI is InChI=1S/C27H36N6O2/c1-31(2)27(20-6-4-3-5-7-20)12-10-26(11-13-27)19-33(25(34)30-26)21-8-9-22-23(18-21)29-24(28-22)32-14-16-35-17-15-32/h3-9,18,25,30,34H,10-17,19H2,1-2H3,(H,28,29). The summed E-state index contributed by atoms with van der Waals surface area (Å²) in [6.07, 6.45) is 3.44. The zero-order valence-corrected chi connectivity index (χ0v) is 20.7. The molecule has 2 aromatic carbocycles. The topological polar surface area (TPSA) is 79.9 Å². The van der Waals surface area contributed by atoms with Gasteiger partial charge in [-0.25, -0.2) is 4.98 Å². The minimum absolute atomic E-state index is 0.0390. The number of hydrogen-bond donors (Lipinski definition) is 3. The van der Waals surface area contributed by atoms with Crippen molar-refractivity contribution >= 4 is 22.7 Å². The number of rotatable bonds is 4. The van der Waals surface area contributed by atoms with Crippen LogP contribution < -0.4 is 15.1 Å². The number of nitrogens with one attached hydrogen (secondary N) is 2. The SMILES string of the molecule is CN(C)C1(c2ccccc2)CCC2(CC1)CN(c1ccc3nc(N4CCOCC4)[nH]c3c1)C(O)N2. The van der Waals surface area contributed by atoms with Gasteiger partial charge in [0.05, 0.1) is 24.2 Å². The molecule has 1 saturated carbocycles. The van der Waals surface area contributed by atoms with E-state index < -0.39 is 6.35 Å². The second-order valence-corrected chi connectivity index (χ2v) is 10.6. The van der Waals surface area contributed by atoms with E-state index >= 15 is 0 Å². The Bertz CT molecular complexity index is 1160. The Kier molecular flexibility index (Phi) is 5.72. The second kappa shape index (κ2) is 8.78. The molecular weight excluding hydrogens is 440 g/mol. The second-order valence-electron chi connectivity index (χ2n) is 10.6. The van der Waals surface area contributed by atoms with Crippen molar-refractivity contribution in [2.45, 2.75) is 43.1 Å². The molecule has 1 unspecified atom stereocenters. The quantitative estimate of drug-likeness (QED) is 0.534. The van der Waals surface area contributed by atoms with Gasteiger partial charge in [0.25, 0.3) is 0 Å². The number of imidazole rings is 1. The largest absolute Gasteiger partial charge is 0.378 e. The molecule has 8 nitrogen and oxygen atoms in total. The number of H-pyrrole nitrogens is 1. The molecule has 2 saturated heterocycles. The Labute approximate surface area is 206 Å². The third kappa shape index (κ3) is 3.98. The van der Waals surface area contributed by atoms with E-state index in [0.717, 1.165) is 81.2 Å². The minimum atomic E-state index is -0.697. The van der Waals surface area contributed by atoms with Gasteiger partial charge in [-0.1, -0.05) is 30.3 Å². The van der Waals surface area contributed by atoms with Crippen LogP contribution in [0.3, 0.4) is 0 Å². The number of aromatic amines is 1. The van der Waals surface area contributed by atoms with E-state index in [-0.39, 0.29) is 11.1 Å². The van der Waals surface area contributed by atoms with Crippen LogP contribution in [-0.2, 0) is 10.3 Å². The maximum atomic E-state index is 11.1. The molecule has 3 heterocycles. The molecule has 0 amide bonds. The molecule has 1 aromatic heterocycles. The summed E-state index contributed by atoms with van der Waals surface area (Å²) in [7, 11) is 4.39. The highest BCUT2D eigenvalue weighted by Crippen LogP contribution is 2.46. The van der Waals surface area contributed by atoms with E-state index in [1.807, 2.05) is 0 Å². The van der Waals surface area contributed by atoms with E-state index in [1.165, 1.54) is 5.56 Å². The number of benzene rings is 2. The predicted molar refractivity (Wildman–Crippen MR) is 139 cm³/mol. The van der Waals surface area contributed by atoms with Crippen molar-refractivity contribution in [3.05, 3.63) is 54.1 Å². The van der Waals surface area contributed by atoms with Crippen LogP contribution in [-0.4, -0.2) is 78.8 Å². The minimum Gasteiger partial charge on any atom is -0.378 e. The number of morpholine rings is 1. The molecule has 3 N–H and O–H groups in total. The first-order valence-corrected chi connectivity index (χ1v) is 12.8. The van der Waals surface area contributed by atoms with Gasteiger partial charge < -0.3 is 24.6 Å². The molecule has 3 aromatic rings. The maximum Gasteiger partial charge on any atom is 0.203 e. The van der Waals surface area contributed by atoms with Crippen molar-refractivity contribution in [3.8, 4) is 0 Å². The number of hydrogen-bond acceptors (Lipinski definition) is 7. The zero-order chi connectivity index (χ0) is 24.0. The van der Waals surface area contributed by atoms with Gasteiger partial charge in [-0.2, -0.15) is 0 Å². The molecule has 186 valence electrons. The first-order valence-electron chi connectivity index (χ1n) is 12.8. The molecule has 35 heavy (non-hydrogen) atoms. The van der Waals surface area contributed by atoms with Crippen molar-refractivity contribution in [1.29, 1.82) is 0 Å². The van der Waals surface area contributed by atoms with Gasteiger partial charge in [0, 0.05) is 36.4 Å². The van der Waals surface area contributed by atoms with E-state index in [1.54, 1.807) is 0 Å². The fourth-order valence-corrected chi connectivity index (χ4v) is 6.32. The fourth-order valence-electron chi connectivity index (χ4n) is 6.32. The normalized spacial score (nSPS) is 29.5. The highest BCUT2D eigenvalue weighted by Gasteiger charge is 2.50. The molecule has 2 aliphatic heterocycles. The number of anilines is 2. The summed E-state index contributed by atoms with van der Waals surface area (Å²) in [5, 5.41) is 14.6. The number of aliphatic hydroxyl groups excluding tert-OH is 1. The summed E-state index contributed by atoms with van der Waals surface area (Å²) >= 11 is 0. The van der Waals surface area contributed by atoms with Crippen LogP contribution in [0.15, 0.2) is 48.5 Å². The zero-order valence-electron chi connectivity index (χ0n) is 20.7. The van der Waals surface area contributed by atoms with Crippen molar-refractivity contribution in [2.24, 2.45) is 0 Å². The first kappa shape index (κ1) is 22.8. The van der Waals surface area contributed by atoms with Gasteiger partial charge in [-0.15, -0.1) is 0 Å². The van der Waals surface area contributed by atoms with Gasteiger partial charge in [-0.05, 0) is 63.5 Å². The molecule has 1 atom stereocenters. The Balaban J connectivity index is 1.21. The number of aromatic nitrogens is 2. The van der Waals surface area contributed by atoms with E-state index in [9.17, 15) is 5.11 Å². The Morgan fingerprint density at radius 2 is 1.77 bits per heavy atom. The predicted octanol–water partition coefficient (Wildman–Crippen LogP) is 2.85. The first-order chi connectivity index (χ1) is 17.0. The smallest absolute Gasteiger partial charge is 0.203 e. The number of fused-ring (bicyclic) bond motifs is 1. The molecule has 0 radical (unpaired) electrons. The highest BCUT2D eigenvalue weighted by molar-refractivity contribution is 5.82. The van der Waals surface area contributed by atoms with Crippen LogP contribution in [0.2, 0.25) is 0 Å². The van der Waals surface area contributed by atoms with E-state index in [0.29, 0.717) is 0 Å². The van der Waals surface area contributed by atoms with Crippen molar-refractivity contribution in [3.63, 3.8) is 0 Å². The van der Waals surface area contributed by atoms with Crippen molar-refractivity contribution < 1.29 is 9.84 Å². The maximum absolute atomic E-state index is 11.1. The third-order valence-electron chi connectivity index (χ3n) is 8.50. The average Bonchev–Trinajstić information content (AvgIpc) is 3.46. The van der Waals surface area contributed by atoms with Crippen molar-refractivity contribution in [2.75, 3.05) is 56.7 Å². The van der Waals surface area contributed by atoms with Crippen LogP contribution in [0.1, 0.15) is 31.2 Å².